The van der Waals surface area contributed by atoms with Gasteiger partial charge in [-0.1, -0.05) is 30.3 Å². The maximum Gasteiger partial charge on any atom is 0.229 e. The number of hydrogen-bond donors (Lipinski definition) is 2. The van der Waals surface area contributed by atoms with Crippen molar-refractivity contribution in [1.82, 2.24) is 5.32 Å². The normalized spacial score (nSPS) is 20.6. The lowest BCUT2D eigenvalue weighted by Gasteiger charge is -2.37. The van der Waals surface area contributed by atoms with Crippen molar-refractivity contribution < 1.29 is 14.3 Å². The molecular weight excluding hydrogens is 328 g/mol. The average molecular weight is 352 g/mol. The number of unbranched alkanes of at least 4 members (excludes halogenated alkanes) is 1. The van der Waals surface area contributed by atoms with Gasteiger partial charge in [-0.25, -0.2) is 0 Å². The lowest BCUT2D eigenvalue weighted by Crippen LogP contribution is -2.54. The zero-order valence-corrected chi connectivity index (χ0v) is 15.0. The second-order valence-electron chi connectivity index (χ2n) is 7.13. The van der Waals surface area contributed by atoms with E-state index in [1.54, 1.807) is 0 Å². The summed E-state index contributed by atoms with van der Waals surface area (Å²) in [5.74, 6) is 1.40. The summed E-state index contributed by atoms with van der Waals surface area (Å²) >= 11 is 0. The number of carbonyl (C=O) groups excluding carboxylic acids is 1. The number of nitrogens with one attached hydrogen (secondary N) is 2. The van der Waals surface area contributed by atoms with E-state index in [0.29, 0.717) is 24.5 Å². The van der Waals surface area contributed by atoms with Crippen LogP contribution in [0.15, 0.2) is 42.5 Å². The van der Waals surface area contributed by atoms with Crippen molar-refractivity contribution in [2.24, 2.45) is 0 Å². The fourth-order valence-electron chi connectivity index (χ4n) is 3.49. The second kappa shape index (κ2) is 7.00. The molecule has 0 radical (unpaired) electrons. The Bertz CT molecular complexity index is 806. The van der Waals surface area contributed by atoms with Crippen LogP contribution in [-0.2, 0) is 17.6 Å². The Morgan fingerprint density at radius 2 is 2.00 bits per heavy atom. The first-order chi connectivity index (χ1) is 12.6. The molecule has 0 bridgehead atoms. The first-order valence-electron chi connectivity index (χ1n) is 9.19. The van der Waals surface area contributed by atoms with E-state index < -0.39 is 5.72 Å². The zero-order valence-electron chi connectivity index (χ0n) is 15.0. The third-order valence-electron chi connectivity index (χ3n) is 4.90. The fourth-order valence-corrected chi connectivity index (χ4v) is 3.49. The van der Waals surface area contributed by atoms with E-state index in [-0.39, 0.29) is 5.91 Å². The summed E-state index contributed by atoms with van der Waals surface area (Å²) in [6.45, 7) is 3.30. The average Bonchev–Trinajstić information content (AvgIpc) is 3.03. The molecule has 2 aliphatic rings. The minimum absolute atomic E-state index is 0.00172. The predicted octanol–water partition coefficient (Wildman–Crippen LogP) is 3.28. The molecule has 5 heteroatoms. The molecule has 0 saturated heterocycles. The predicted molar refractivity (Wildman–Crippen MR) is 101 cm³/mol. The molecule has 2 aliphatic heterocycles. The van der Waals surface area contributed by atoms with Crippen LogP contribution in [0.5, 0.6) is 11.5 Å². The van der Waals surface area contributed by atoms with Crippen molar-refractivity contribution in [3.63, 3.8) is 0 Å². The minimum Gasteiger partial charge on any atom is -0.484 e. The van der Waals surface area contributed by atoms with Crippen LogP contribution in [0.3, 0.4) is 0 Å². The van der Waals surface area contributed by atoms with Gasteiger partial charge in [0.25, 0.3) is 0 Å². The first-order valence-corrected chi connectivity index (χ1v) is 9.19. The van der Waals surface area contributed by atoms with E-state index in [1.165, 1.54) is 5.56 Å². The number of fused-ring (bicyclic) bond motifs is 3. The molecule has 4 rings (SSSR count). The maximum absolute atomic E-state index is 11.7. The van der Waals surface area contributed by atoms with E-state index >= 15 is 0 Å². The number of hydrogen-bond acceptors (Lipinski definition) is 4. The Morgan fingerprint density at radius 1 is 1.15 bits per heavy atom. The van der Waals surface area contributed by atoms with Gasteiger partial charge in [0.15, 0.2) is 17.2 Å². The number of benzene rings is 2. The van der Waals surface area contributed by atoms with Gasteiger partial charge in [-0.3, -0.25) is 10.1 Å². The lowest BCUT2D eigenvalue weighted by atomic mass is 10.1. The molecule has 2 N–H and O–H groups in total. The topological polar surface area (TPSA) is 59.6 Å². The molecule has 5 nitrogen and oxygen atoms in total. The molecule has 136 valence electrons. The lowest BCUT2D eigenvalue weighted by molar-refractivity contribution is -0.115. The molecular formula is C21H24N2O3. The molecule has 1 atom stereocenters. The zero-order chi connectivity index (χ0) is 18.0. The van der Waals surface area contributed by atoms with Gasteiger partial charge in [0.05, 0.1) is 6.42 Å². The Kier molecular flexibility index (Phi) is 4.55. The number of ether oxygens (including phenoxy) is 2. The molecule has 0 aromatic heterocycles. The van der Waals surface area contributed by atoms with Gasteiger partial charge in [-0.2, -0.15) is 0 Å². The van der Waals surface area contributed by atoms with Crippen molar-refractivity contribution in [2.75, 3.05) is 18.5 Å². The van der Waals surface area contributed by atoms with Crippen molar-refractivity contribution >= 4 is 11.6 Å². The summed E-state index contributed by atoms with van der Waals surface area (Å²) in [6.07, 6.45) is 3.61. The number of amides is 1. The van der Waals surface area contributed by atoms with Crippen LogP contribution in [0, 0.1) is 0 Å². The van der Waals surface area contributed by atoms with E-state index in [1.807, 2.05) is 25.1 Å². The molecule has 26 heavy (non-hydrogen) atoms. The van der Waals surface area contributed by atoms with Gasteiger partial charge in [0.1, 0.15) is 6.61 Å². The molecule has 1 amide bonds. The van der Waals surface area contributed by atoms with Crippen LogP contribution >= 0.6 is 0 Å². The van der Waals surface area contributed by atoms with Crippen molar-refractivity contribution in [3.05, 3.63) is 53.6 Å². The standard InChI is InChI=1S/C21H24N2O3/c1-21(22-12-6-5-9-15-7-3-2-4-8-15)14-25-18-11-10-17-16(20(18)26-21)13-19(24)23-17/h2-4,7-8,10-11,22H,5-6,9,12-14H2,1H3,(H,23,24). The van der Waals surface area contributed by atoms with Crippen LogP contribution in [0.25, 0.3) is 0 Å². The minimum atomic E-state index is -0.583. The number of rotatable bonds is 6. The fraction of sp³-hybridized carbons (Fsp3) is 0.381. The van der Waals surface area contributed by atoms with Gasteiger partial charge in [0.2, 0.25) is 5.91 Å². The van der Waals surface area contributed by atoms with E-state index in [0.717, 1.165) is 37.1 Å². The molecule has 0 aliphatic carbocycles. The highest BCUT2D eigenvalue weighted by atomic mass is 16.6. The van der Waals surface area contributed by atoms with Crippen LogP contribution in [0.4, 0.5) is 5.69 Å². The highest BCUT2D eigenvalue weighted by Gasteiger charge is 2.36. The third kappa shape index (κ3) is 3.53. The molecule has 0 saturated carbocycles. The highest BCUT2D eigenvalue weighted by Crippen LogP contribution is 2.43. The van der Waals surface area contributed by atoms with Gasteiger partial charge in [0, 0.05) is 11.3 Å². The Hall–Kier alpha value is -2.53. The summed E-state index contributed by atoms with van der Waals surface area (Å²) in [4.78, 5) is 11.7. The molecule has 0 spiro atoms. The van der Waals surface area contributed by atoms with Crippen LogP contribution in [0.2, 0.25) is 0 Å². The molecule has 1 unspecified atom stereocenters. The van der Waals surface area contributed by atoms with Crippen LogP contribution < -0.4 is 20.1 Å². The van der Waals surface area contributed by atoms with Crippen LogP contribution in [0.1, 0.15) is 30.9 Å². The molecule has 2 heterocycles. The van der Waals surface area contributed by atoms with E-state index in [2.05, 4.69) is 34.9 Å². The summed E-state index contributed by atoms with van der Waals surface area (Å²) in [5.41, 5.74) is 2.51. The maximum atomic E-state index is 11.7. The van der Waals surface area contributed by atoms with E-state index in [4.69, 9.17) is 9.47 Å². The largest absolute Gasteiger partial charge is 0.484 e. The summed E-state index contributed by atoms with van der Waals surface area (Å²) in [5, 5.41) is 6.33. The van der Waals surface area contributed by atoms with Gasteiger partial charge in [-0.15, -0.1) is 0 Å². The van der Waals surface area contributed by atoms with Gasteiger partial charge < -0.3 is 14.8 Å². The first kappa shape index (κ1) is 16.9. The summed E-state index contributed by atoms with van der Waals surface area (Å²) in [7, 11) is 0. The summed E-state index contributed by atoms with van der Waals surface area (Å²) < 4.78 is 12.1. The molecule has 2 aromatic carbocycles. The van der Waals surface area contributed by atoms with Gasteiger partial charge >= 0.3 is 0 Å². The Morgan fingerprint density at radius 3 is 2.85 bits per heavy atom. The third-order valence-corrected chi connectivity index (χ3v) is 4.90. The number of aryl methyl sites for hydroxylation is 1. The summed E-state index contributed by atoms with van der Waals surface area (Å²) in [6, 6.07) is 14.3. The van der Waals surface area contributed by atoms with Crippen molar-refractivity contribution in [2.45, 2.75) is 38.3 Å². The van der Waals surface area contributed by atoms with Crippen molar-refractivity contribution in [1.29, 1.82) is 0 Å². The highest BCUT2D eigenvalue weighted by molar-refractivity contribution is 6.00. The van der Waals surface area contributed by atoms with Crippen molar-refractivity contribution in [3.8, 4) is 11.5 Å². The Balaban J connectivity index is 1.33. The number of anilines is 1. The number of carbonyl (C=O) groups is 1. The quantitative estimate of drug-likeness (QED) is 0.784. The van der Waals surface area contributed by atoms with Crippen LogP contribution in [-0.4, -0.2) is 24.8 Å². The Labute approximate surface area is 153 Å². The smallest absolute Gasteiger partial charge is 0.229 e. The molecule has 2 aromatic rings. The monoisotopic (exact) mass is 352 g/mol. The van der Waals surface area contributed by atoms with E-state index in [9.17, 15) is 4.79 Å². The van der Waals surface area contributed by atoms with Gasteiger partial charge in [-0.05, 0) is 50.4 Å². The molecule has 0 fully saturated rings. The second-order valence-corrected chi connectivity index (χ2v) is 7.13. The SMILES string of the molecule is CC1(NCCCCc2ccccc2)COc2ccc3c(c2O1)CC(=O)N3.